The third-order valence-corrected chi connectivity index (χ3v) is 4.38. The highest BCUT2D eigenvalue weighted by Crippen LogP contribution is 2.17. The van der Waals surface area contributed by atoms with Crippen molar-refractivity contribution in [2.75, 3.05) is 26.5 Å². The molecule has 0 spiro atoms. The first-order valence-corrected chi connectivity index (χ1v) is 8.65. The van der Waals surface area contributed by atoms with Crippen molar-refractivity contribution in [3.8, 4) is 0 Å². The van der Waals surface area contributed by atoms with Gasteiger partial charge in [-0.1, -0.05) is 12.1 Å². The molecule has 2 rings (SSSR count). The van der Waals surface area contributed by atoms with E-state index < -0.39 is 0 Å². The minimum atomic E-state index is -0.0428. The maximum Gasteiger partial charge on any atom is 0.317 e. The molecule has 1 atom stereocenters. The Morgan fingerprint density at radius 1 is 1.48 bits per heavy atom. The molecule has 1 aliphatic rings. The van der Waals surface area contributed by atoms with Gasteiger partial charge in [-0.2, -0.15) is 0 Å². The zero-order chi connectivity index (χ0) is 15.1. The summed E-state index contributed by atoms with van der Waals surface area (Å²) in [4.78, 5) is 15.0. The third-order valence-electron chi connectivity index (χ3n) is 3.66. The maximum atomic E-state index is 12.1. The highest BCUT2D eigenvalue weighted by atomic mass is 32.2. The molecule has 1 aliphatic heterocycles. The largest absolute Gasteiger partial charge is 0.376 e. The number of benzene rings is 1. The van der Waals surface area contributed by atoms with Crippen molar-refractivity contribution in [2.45, 2.75) is 36.8 Å². The molecule has 2 amide bonds. The molecule has 1 fully saturated rings. The molecule has 21 heavy (non-hydrogen) atoms. The monoisotopic (exact) mass is 308 g/mol. The molecule has 4 nitrogen and oxygen atoms in total. The summed E-state index contributed by atoms with van der Waals surface area (Å²) in [5, 5.41) is 2.96. The fourth-order valence-corrected chi connectivity index (χ4v) is 2.90. The number of ether oxygens (including phenoxy) is 1. The molecule has 1 aromatic carbocycles. The lowest BCUT2D eigenvalue weighted by Gasteiger charge is -2.24. The van der Waals surface area contributed by atoms with E-state index >= 15 is 0 Å². The Bertz CT molecular complexity index is 461. The average molecular weight is 308 g/mol. The van der Waals surface area contributed by atoms with Gasteiger partial charge in [0.15, 0.2) is 0 Å². The van der Waals surface area contributed by atoms with Gasteiger partial charge in [0.05, 0.1) is 6.10 Å². The van der Waals surface area contributed by atoms with Gasteiger partial charge in [0.1, 0.15) is 0 Å². The summed E-state index contributed by atoms with van der Waals surface area (Å²) in [6.07, 6.45) is 5.60. The molecular formula is C16H24N2O2S. The van der Waals surface area contributed by atoms with Crippen molar-refractivity contribution in [2.24, 2.45) is 0 Å². The van der Waals surface area contributed by atoms with E-state index in [1.54, 1.807) is 16.7 Å². The molecule has 0 unspecified atom stereocenters. The van der Waals surface area contributed by atoms with E-state index in [-0.39, 0.29) is 12.1 Å². The number of amides is 2. The second-order valence-corrected chi connectivity index (χ2v) is 6.26. The molecule has 1 saturated heterocycles. The number of nitrogens with zero attached hydrogens (tertiary/aromatic N) is 1. The first-order valence-electron chi connectivity index (χ1n) is 7.42. The second kappa shape index (κ2) is 8.29. The number of thioether (sulfide) groups is 1. The van der Waals surface area contributed by atoms with Crippen molar-refractivity contribution in [1.29, 1.82) is 0 Å². The molecule has 0 bridgehead atoms. The number of carbonyl (C=O) groups excluding carboxylic acids is 1. The fourth-order valence-electron chi connectivity index (χ4n) is 2.42. The number of rotatable bonds is 5. The second-order valence-electron chi connectivity index (χ2n) is 5.38. The Kier molecular flexibility index (Phi) is 6.39. The standard InChI is InChI=1S/C16H24N2O2S/c1-18(12-13-6-5-8-15(10-13)21-2)16(19)17-11-14-7-3-4-9-20-14/h5-6,8,10,14H,3-4,7,9,11-12H2,1-2H3,(H,17,19)/t14-/m1/s1. The van der Waals surface area contributed by atoms with E-state index in [0.717, 1.165) is 25.0 Å². The van der Waals surface area contributed by atoms with Gasteiger partial charge in [0, 0.05) is 31.6 Å². The smallest absolute Gasteiger partial charge is 0.317 e. The molecule has 0 aromatic heterocycles. The highest BCUT2D eigenvalue weighted by Gasteiger charge is 2.16. The highest BCUT2D eigenvalue weighted by molar-refractivity contribution is 7.98. The van der Waals surface area contributed by atoms with Gasteiger partial charge in [0.25, 0.3) is 0 Å². The molecule has 0 saturated carbocycles. The van der Waals surface area contributed by atoms with Gasteiger partial charge in [-0.3, -0.25) is 0 Å². The van der Waals surface area contributed by atoms with Crippen LogP contribution in [0.1, 0.15) is 24.8 Å². The molecule has 1 heterocycles. The van der Waals surface area contributed by atoms with Gasteiger partial charge in [-0.15, -0.1) is 11.8 Å². The summed E-state index contributed by atoms with van der Waals surface area (Å²) < 4.78 is 5.62. The van der Waals surface area contributed by atoms with Crippen LogP contribution < -0.4 is 5.32 Å². The first kappa shape index (κ1) is 16.2. The zero-order valence-electron chi connectivity index (χ0n) is 12.8. The van der Waals surface area contributed by atoms with Crippen molar-refractivity contribution < 1.29 is 9.53 Å². The van der Waals surface area contributed by atoms with Crippen LogP contribution in [0, 0.1) is 0 Å². The van der Waals surface area contributed by atoms with Gasteiger partial charge in [0.2, 0.25) is 0 Å². The lowest BCUT2D eigenvalue weighted by Crippen LogP contribution is -2.41. The van der Waals surface area contributed by atoms with Gasteiger partial charge in [-0.25, -0.2) is 4.79 Å². The topological polar surface area (TPSA) is 41.6 Å². The number of urea groups is 1. The van der Waals surface area contributed by atoms with E-state index in [1.165, 1.54) is 11.3 Å². The molecular weight excluding hydrogens is 284 g/mol. The average Bonchev–Trinajstić information content (AvgIpc) is 2.53. The minimum absolute atomic E-state index is 0.0428. The summed E-state index contributed by atoms with van der Waals surface area (Å²) in [5.74, 6) is 0. The fraction of sp³-hybridized carbons (Fsp3) is 0.562. The molecule has 5 heteroatoms. The zero-order valence-corrected chi connectivity index (χ0v) is 13.6. The molecule has 116 valence electrons. The van der Waals surface area contributed by atoms with E-state index in [0.29, 0.717) is 13.1 Å². The van der Waals surface area contributed by atoms with Crippen LogP contribution >= 0.6 is 11.8 Å². The van der Waals surface area contributed by atoms with Crippen molar-refractivity contribution in [3.05, 3.63) is 29.8 Å². The van der Waals surface area contributed by atoms with E-state index in [9.17, 15) is 4.79 Å². The summed E-state index contributed by atoms with van der Waals surface area (Å²) >= 11 is 1.71. The predicted molar refractivity (Wildman–Crippen MR) is 86.7 cm³/mol. The van der Waals surface area contributed by atoms with Crippen LogP contribution in [-0.2, 0) is 11.3 Å². The van der Waals surface area contributed by atoms with E-state index in [1.807, 2.05) is 19.2 Å². The minimum Gasteiger partial charge on any atom is -0.376 e. The predicted octanol–water partition coefficient (Wildman–Crippen LogP) is 3.12. The Hall–Kier alpha value is -1.20. The Balaban J connectivity index is 1.78. The summed E-state index contributed by atoms with van der Waals surface area (Å²) in [6.45, 7) is 2.04. The Labute approximate surface area is 131 Å². The van der Waals surface area contributed by atoms with Crippen LogP contribution in [0.3, 0.4) is 0 Å². The summed E-state index contributed by atoms with van der Waals surface area (Å²) in [5.41, 5.74) is 1.15. The SMILES string of the molecule is CSc1cccc(CN(C)C(=O)NC[C@H]2CCCCO2)c1. The lowest BCUT2D eigenvalue weighted by molar-refractivity contribution is 0.0178. The van der Waals surface area contributed by atoms with E-state index in [2.05, 4.69) is 23.7 Å². The normalized spacial score (nSPS) is 18.3. The number of carbonyl (C=O) groups is 1. The maximum absolute atomic E-state index is 12.1. The lowest BCUT2D eigenvalue weighted by atomic mass is 10.1. The van der Waals surface area contributed by atoms with Gasteiger partial charge >= 0.3 is 6.03 Å². The molecule has 0 aliphatic carbocycles. The molecule has 1 N–H and O–H groups in total. The molecule has 0 radical (unpaired) electrons. The summed E-state index contributed by atoms with van der Waals surface area (Å²) in [7, 11) is 1.82. The Morgan fingerprint density at radius 3 is 3.05 bits per heavy atom. The van der Waals surface area contributed by atoms with Crippen molar-refractivity contribution in [1.82, 2.24) is 10.2 Å². The van der Waals surface area contributed by atoms with E-state index in [4.69, 9.17) is 4.74 Å². The van der Waals surface area contributed by atoms with Crippen molar-refractivity contribution in [3.63, 3.8) is 0 Å². The number of hydrogen-bond acceptors (Lipinski definition) is 3. The Morgan fingerprint density at radius 2 is 2.33 bits per heavy atom. The van der Waals surface area contributed by atoms with Crippen LogP contribution in [0.4, 0.5) is 4.79 Å². The van der Waals surface area contributed by atoms with Crippen LogP contribution in [0.15, 0.2) is 29.2 Å². The van der Waals surface area contributed by atoms with Crippen molar-refractivity contribution >= 4 is 17.8 Å². The summed E-state index contributed by atoms with van der Waals surface area (Å²) in [6, 6.07) is 8.24. The first-order chi connectivity index (χ1) is 10.2. The molecule has 1 aromatic rings. The number of hydrogen-bond donors (Lipinski definition) is 1. The van der Waals surface area contributed by atoms with Gasteiger partial charge in [-0.05, 0) is 43.2 Å². The van der Waals surface area contributed by atoms with Crippen LogP contribution in [0.2, 0.25) is 0 Å². The van der Waals surface area contributed by atoms with Crippen LogP contribution in [-0.4, -0.2) is 43.5 Å². The van der Waals surface area contributed by atoms with Gasteiger partial charge < -0.3 is 15.0 Å². The number of nitrogens with one attached hydrogen (secondary N) is 1. The van der Waals surface area contributed by atoms with Crippen LogP contribution in [0.5, 0.6) is 0 Å². The third kappa shape index (κ3) is 5.25. The van der Waals surface area contributed by atoms with Crippen LogP contribution in [0.25, 0.3) is 0 Å². The quantitative estimate of drug-likeness (QED) is 0.850.